The minimum absolute atomic E-state index is 2.32. The summed E-state index contributed by atoms with van der Waals surface area (Å²) >= 11 is 0. The van der Waals surface area contributed by atoms with E-state index in [0.717, 1.165) is 0 Å². The fourth-order valence-electron chi connectivity index (χ4n) is 0.0456. The molecule has 0 aliphatic carbocycles. The van der Waals surface area contributed by atoms with E-state index in [9.17, 15) is 4.53 Å². The standard InChI is InChI=1S/FHO7/c1-3-5-7-8-6-4-2/h2H. The van der Waals surface area contributed by atoms with Crippen LogP contribution in [0.1, 0.15) is 0 Å². The third-order valence-corrected chi connectivity index (χ3v) is 0.139. The molecule has 7 nitrogen and oxygen atoms in total. The van der Waals surface area contributed by atoms with Crippen LogP contribution >= 0.6 is 0 Å². The van der Waals surface area contributed by atoms with Gasteiger partial charge in [0.2, 0.25) is 0 Å². The zero-order valence-electron chi connectivity index (χ0n) is 3.27. The second-order valence-electron chi connectivity index (χ2n) is 0.410. The second kappa shape index (κ2) is 6.65. The molecule has 0 amide bonds. The van der Waals surface area contributed by atoms with E-state index in [0.29, 0.717) is 0 Å². The van der Waals surface area contributed by atoms with E-state index < -0.39 is 0 Å². The van der Waals surface area contributed by atoms with Crippen molar-refractivity contribution in [2.45, 2.75) is 0 Å². The van der Waals surface area contributed by atoms with Crippen molar-refractivity contribution in [3.05, 3.63) is 0 Å². The highest BCUT2D eigenvalue weighted by atomic mass is 19.3. The van der Waals surface area contributed by atoms with Crippen molar-refractivity contribution >= 4 is 0 Å². The number of hydrogen-bond donors (Lipinski definition) is 1. The van der Waals surface area contributed by atoms with Gasteiger partial charge < -0.3 is 0 Å². The normalized spacial score (nSPS) is 9.75. The highest BCUT2D eigenvalue weighted by Crippen LogP contribution is 1.83. The van der Waals surface area contributed by atoms with Gasteiger partial charge >= 0.3 is 0 Å². The molecule has 0 aliphatic heterocycles. The molecule has 8 heteroatoms. The third kappa shape index (κ3) is 5.65. The number of rotatable bonds is 5. The molecule has 0 aromatic heterocycles. The van der Waals surface area contributed by atoms with Gasteiger partial charge in [-0.15, -0.1) is 0 Å². The van der Waals surface area contributed by atoms with Crippen LogP contribution < -0.4 is 0 Å². The first-order chi connectivity index (χ1) is 3.91. The Morgan fingerprint density at radius 1 is 1.00 bits per heavy atom. The van der Waals surface area contributed by atoms with Gasteiger partial charge in [0.05, 0.1) is 0 Å². The first-order valence-electron chi connectivity index (χ1n) is 1.17. The van der Waals surface area contributed by atoms with E-state index in [1.54, 1.807) is 0 Å². The average Bonchev–Trinajstić information content (AvgIpc) is 1.81. The second-order valence-corrected chi connectivity index (χ2v) is 0.410. The van der Waals surface area contributed by atoms with Crippen LogP contribution in [0.3, 0.4) is 0 Å². The molecule has 0 bridgehead atoms. The molecule has 0 rings (SSSR count). The molecule has 1 N–H and O–H groups in total. The fraction of sp³-hybridized carbons (Fsp3) is 0. The average molecular weight is 132 g/mol. The molecular formula is HFO7. The Hall–Kier alpha value is -0.350. The lowest BCUT2D eigenvalue weighted by molar-refractivity contribution is -0.801. The zero-order chi connectivity index (χ0) is 6.24. The van der Waals surface area contributed by atoms with E-state index in [2.05, 4.69) is 30.3 Å². The van der Waals surface area contributed by atoms with Crippen LogP contribution in [0.15, 0.2) is 0 Å². The molecule has 0 radical (unpaired) electrons. The van der Waals surface area contributed by atoms with Gasteiger partial charge in [0.1, 0.15) is 0 Å². The van der Waals surface area contributed by atoms with Crippen molar-refractivity contribution in [2.75, 3.05) is 0 Å². The maximum atomic E-state index is 10.3. The maximum Gasteiger partial charge on any atom is 0.0104 e. The first kappa shape index (κ1) is 7.65. The molecule has 0 saturated carbocycles. The van der Waals surface area contributed by atoms with E-state index in [-0.39, 0.29) is 0 Å². The van der Waals surface area contributed by atoms with Crippen LogP contribution in [-0.2, 0) is 30.3 Å². The summed E-state index contributed by atoms with van der Waals surface area (Å²) in [4.78, 5) is 0. The summed E-state index contributed by atoms with van der Waals surface area (Å²) in [5, 5.41) is 24.7. The smallest absolute Gasteiger partial charge is 0.0104 e. The highest BCUT2D eigenvalue weighted by molar-refractivity contribution is 2.96. The molecule has 50 valence electrons. The van der Waals surface area contributed by atoms with Crippen molar-refractivity contribution in [1.82, 2.24) is 0 Å². The predicted molar refractivity (Wildman–Crippen MR) is 10.2 cm³/mol. The minimum Gasteiger partial charge on any atom is -0.219 e. The van der Waals surface area contributed by atoms with Crippen molar-refractivity contribution in [3.63, 3.8) is 0 Å². The minimum atomic E-state index is 2.32. The number of halogens is 1. The quantitative estimate of drug-likeness (QED) is 0.321. The van der Waals surface area contributed by atoms with Crippen molar-refractivity contribution in [1.29, 1.82) is 0 Å². The van der Waals surface area contributed by atoms with Crippen LogP contribution in [0, 0.1) is 0 Å². The zero-order valence-corrected chi connectivity index (χ0v) is 3.27. The van der Waals surface area contributed by atoms with Gasteiger partial charge in [-0.3, -0.25) is 0 Å². The van der Waals surface area contributed by atoms with Crippen molar-refractivity contribution in [3.8, 4) is 0 Å². The van der Waals surface area contributed by atoms with Crippen LogP contribution in [0.2, 0.25) is 0 Å². The monoisotopic (exact) mass is 132 g/mol. The lowest BCUT2D eigenvalue weighted by Crippen LogP contribution is -1.95. The SMILES string of the molecule is OOOOOOOF. The fourth-order valence-corrected chi connectivity index (χ4v) is 0.0456. The first-order valence-corrected chi connectivity index (χ1v) is 1.17. The van der Waals surface area contributed by atoms with Crippen molar-refractivity contribution in [2.24, 2.45) is 0 Å². The van der Waals surface area contributed by atoms with E-state index in [1.165, 1.54) is 0 Å². The molecule has 0 atom stereocenters. The molecule has 0 spiro atoms. The topological polar surface area (TPSA) is 75.6 Å². The van der Waals surface area contributed by atoms with Gasteiger partial charge in [0.25, 0.3) is 0 Å². The Bertz CT molecular complexity index is 29.4. The molecule has 0 heterocycles. The Kier molecular flexibility index (Phi) is 6.36. The van der Waals surface area contributed by atoms with Gasteiger partial charge in [-0.2, -0.15) is 0 Å². The van der Waals surface area contributed by atoms with Crippen LogP contribution in [0.5, 0.6) is 0 Å². The van der Waals surface area contributed by atoms with E-state index in [1.807, 2.05) is 0 Å². The Morgan fingerprint density at radius 2 is 1.62 bits per heavy atom. The number of hydrogen-bond acceptors (Lipinski definition) is 7. The van der Waals surface area contributed by atoms with E-state index >= 15 is 0 Å². The predicted octanol–water partition coefficient (Wildman–Crippen LogP) is 0.0185. The van der Waals surface area contributed by atoms with Gasteiger partial charge in [-0.1, -0.05) is 0 Å². The molecular weight excluding hydrogens is 131 g/mol. The Balaban J connectivity index is 2.53. The highest BCUT2D eigenvalue weighted by Gasteiger charge is 1.88. The molecule has 8 heavy (non-hydrogen) atoms. The molecule has 0 aliphatic rings. The maximum absolute atomic E-state index is 10.3. The summed E-state index contributed by atoms with van der Waals surface area (Å²) in [5.74, 6) is 0. The van der Waals surface area contributed by atoms with Crippen LogP contribution in [-0.4, -0.2) is 5.26 Å². The molecule has 0 aromatic carbocycles. The summed E-state index contributed by atoms with van der Waals surface area (Å²) in [7, 11) is 0. The van der Waals surface area contributed by atoms with Gasteiger partial charge in [0, 0.05) is 15.2 Å². The molecule has 0 fully saturated rings. The van der Waals surface area contributed by atoms with Gasteiger partial charge in [-0.25, -0.2) is 5.26 Å². The summed E-state index contributed by atoms with van der Waals surface area (Å²) in [6.07, 6.45) is 0. The lowest BCUT2D eigenvalue weighted by Gasteiger charge is -1.89. The van der Waals surface area contributed by atoms with Crippen LogP contribution in [0.4, 0.5) is 4.53 Å². The summed E-state index contributed by atoms with van der Waals surface area (Å²) < 4.78 is 10.3. The lowest BCUT2D eigenvalue weighted by atomic mass is 14.1. The third-order valence-electron chi connectivity index (χ3n) is 0.139. The largest absolute Gasteiger partial charge is 0.219 e. The van der Waals surface area contributed by atoms with Gasteiger partial charge in [-0.05, 0) is 19.6 Å². The summed E-state index contributed by atoms with van der Waals surface area (Å²) in [6.45, 7) is 0. The van der Waals surface area contributed by atoms with Gasteiger partial charge in [0.15, 0.2) is 0 Å². The summed E-state index contributed by atoms with van der Waals surface area (Å²) in [6, 6.07) is 0. The molecule has 0 saturated heterocycles. The molecule has 0 aromatic rings. The molecule has 0 unspecified atom stereocenters. The van der Waals surface area contributed by atoms with Crippen LogP contribution in [0.25, 0.3) is 0 Å². The van der Waals surface area contributed by atoms with Crippen molar-refractivity contribution < 1.29 is 40.1 Å². The Morgan fingerprint density at radius 3 is 2.12 bits per heavy atom. The summed E-state index contributed by atoms with van der Waals surface area (Å²) in [5.41, 5.74) is 0. The van der Waals surface area contributed by atoms with E-state index in [4.69, 9.17) is 5.26 Å². The Labute approximate surface area is 41.5 Å².